The molecule has 0 heterocycles. The van der Waals surface area contributed by atoms with Crippen LogP contribution >= 0.6 is 0 Å². The normalized spacial score (nSPS) is 26.9. The fourth-order valence-corrected chi connectivity index (χ4v) is 2.60. The highest BCUT2D eigenvalue weighted by atomic mass is 19.1. The summed E-state index contributed by atoms with van der Waals surface area (Å²) in [6.07, 6.45) is -0.541. The van der Waals surface area contributed by atoms with Gasteiger partial charge in [-0.2, -0.15) is 0 Å². The Kier molecular flexibility index (Phi) is 3.56. The average molecular weight is 270 g/mol. The third kappa shape index (κ3) is 2.59. The van der Waals surface area contributed by atoms with E-state index in [2.05, 4.69) is 5.32 Å². The summed E-state index contributed by atoms with van der Waals surface area (Å²) in [5.41, 5.74) is 4.92. The lowest BCUT2D eigenvalue weighted by atomic mass is 10.0. The molecular weight excluding hydrogens is 254 g/mol. The van der Waals surface area contributed by atoms with Gasteiger partial charge in [0.1, 0.15) is 11.6 Å². The van der Waals surface area contributed by atoms with Crippen molar-refractivity contribution in [1.29, 1.82) is 0 Å². The number of halogens is 2. The number of amides is 1. The van der Waals surface area contributed by atoms with Gasteiger partial charge in [0.05, 0.1) is 11.6 Å². The van der Waals surface area contributed by atoms with E-state index in [0.29, 0.717) is 12.0 Å². The van der Waals surface area contributed by atoms with Gasteiger partial charge in [0, 0.05) is 25.5 Å². The summed E-state index contributed by atoms with van der Waals surface area (Å²) in [7, 11) is 0. The van der Waals surface area contributed by atoms with Crippen molar-refractivity contribution in [3.05, 3.63) is 35.4 Å². The van der Waals surface area contributed by atoms with Crippen LogP contribution in [0.3, 0.4) is 0 Å². The first-order valence-corrected chi connectivity index (χ1v) is 6.02. The highest BCUT2D eigenvalue weighted by Crippen LogP contribution is 2.53. The van der Waals surface area contributed by atoms with Crippen molar-refractivity contribution >= 4 is 5.91 Å². The molecule has 4 N–H and O–H groups in total. The Balaban J connectivity index is 2.29. The summed E-state index contributed by atoms with van der Waals surface area (Å²) in [5, 5.41) is 12.6. The third-order valence-corrected chi connectivity index (χ3v) is 3.52. The second-order valence-electron chi connectivity index (χ2n) is 4.93. The Morgan fingerprint density at radius 2 is 2.11 bits per heavy atom. The zero-order chi connectivity index (χ0) is 14.2. The van der Waals surface area contributed by atoms with Crippen molar-refractivity contribution in [3.63, 3.8) is 0 Å². The van der Waals surface area contributed by atoms with E-state index in [0.717, 1.165) is 6.07 Å². The molecule has 1 aliphatic rings. The number of aliphatic hydroxyl groups is 1. The molecule has 1 aromatic rings. The molecule has 19 heavy (non-hydrogen) atoms. The van der Waals surface area contributed by atoms with Gasteiger partial charge in [-0.15, -0.1) is 0 Å². The van der Waals surface area contributed by atoms with Crippen molar-refractivity contribution in [2.45, 2.75) is 30.9 Å². The van der Waals surface area contributed by atoms with Gasteiger partial charge in [0.25, 0.3) is 0 Å². The second-order valence-corrected chi connectivity index (χ2v) is 4.93. The summed E-state index contributed by atoms with van der Waals surface area (Å²) < 4.78 is 26.4. The third-order valence-electron chi connectivity index (χ3n) is 3.52. The number of carbonyl (C=O) groups excluding carboxylic acids is 1. The predicted octanol–water partition coefficient (Wildman–Crippen LogP) is 0.647. The Morgan fingerprint density at radius 1 is 1.53 bits per heavy atom. The molecule has 6 heteroatoms. The molecule has 1 amide bonds. The topological polar surface area (TPSA) is 75.3 Å². The van der Waals surface area contributed by atoms with Crippen LogP contribution in [-0.2, 0) is 4.79 Å². The van der Waals surface area contributed by atoms with Gasteiger partial charge in [-0.3, -0.25) is 4.79 Å². The average Bonchev–Trinajstić information content (AvgIpc) is 3.01. The van der Waals surface area contributed by atoms with Gasteiger partial charge >= 0.3 is 0 Å². The Hall–Kier alpha value is -1.53. The van der Waals surface area contributed by atoms with E-state index in [9.17, 15) is 18.7 Å². The van der Waals surface area contributed by atoms with Gasteiger partial charge in [-0.05, 0) is 24.1 Å². The van der Waals surface area contributed by atoms with Crippen LogP contribution in [0, 0.1) is 11.6 Å². The zero-order valence-corrected chi connectivity index (χ0v) is 10.5. The molecule has 0 spiro atoms. The highest BCUT2D eigenvalue weighted by molar-refractivity contribution is 5.75. The van der Waals surface area contributed by atoms with E-state index in [-0.39, 0.29) is 18.4 Å². The first-order chi connectivity index (χ1) is 8.89. The minimum atomic E-state index is -0.951. The fraction of sp³-hybridized carbons (Fsp3) is 0.462. The minimum absolute atomic E-state index is 0.0332. The molecular formula is C13H16F2N2O2. The van der Waals surface area contributed by atoms with Gasteiger partial charge in [0.15, 0.2) is 0 Å². The van der Waals surface area contributed by atoms with E-state index < -0.39 is 23.3 Å². The highest BCUT2D eigenvalue weighted by Gasteiger charge is 2.60. The molecule has 0 radical (unpaired) electrons. The van der Waals surface area contributed by atoms with Gasteiger partial charge < -0.3 is 16.2 Å². The van der Waals surface area contributed by atoms with E-state index in [1.165, 1.54) is 19.1 Å². The zero-order valence-electron chi connectivity index (χ0n) is 10.5. The Morgan fingerprint density at radius 3 is 2.58 bits per heavy atom. The summed E-state index contributed by atoms with van der Waals surface area (Å²) in [6.45, 7) is 1.29. The van der Waals surface area contributed by atoms with E-state index in [4.69, 9.17) is 5.73 Å². The molecule has 4 nitrogen and oxygen atoms in total. The van der Waals surface area contributed by atoms with Crippen molar-refractivity contribution in [3.8, 4) is 0 Å². The predicted molar refractivity (Wildman–Crippen MR) is 65.3 cm³/mol. The van der Waals surface area contributed by atoms with Crippen LogP contribution in [0.25, 0.3) is 0 Å². The SMILES string of the molecule is CC(=O)N[C@@]1([C@H](O)CN)CC1c1cc(F)cc(F)c1. The second kappa shape index (κ2) is 4.86. The number of hydrogen-bond acceptors (Lipinski definition) is 3. The molecule has 1 aromatic carbocycles. The standard InChI is InChI=1S/C13H16F2N2O2/c1-7(18)17-13(12(19)6-16)5-11(13)8-2-9(14)4-10(15)3-8/h2-4,11-12,19H,5-6,16H2,1H3,(H,17,18)/t11?,12-,13+/m1/s1. The van der Waals surface area contributed by atoms with Crippen molar-refractivity contribution in [2.75, 3.05) is 6.54 Å². The van der Waals surface area contributed by atoms with E-state index >= 15 is 0 Å². The lowest BCUT2D eigenvalue weighted by Gasteiger charge is -2.24. The quantitative estimate of drug-likeness (QED) is 0.752. The summed E-state index contributed by atoms with van der Waals surface area (Å²) in [6, 6.07) is 3.20. The van der Waals surface area contributed by atoms with Gasteiger partial charge in [0.2, 0.25) is 5.91 Å². The first kappa shape index (κ1) is 13.9. The monoisotopic (exact) mass is 270 g/mol. The van der Waals surface area contributed by atoms with E-state index in [1.54, 1.807) is 0 Å². The summed E-state index contributed by atoms with van der Waals surface area (Å²) in [5.74, 6) is -2.01. The molecule has 2 rings (SSSR count). The number of benzene rings is 1. The van der Waals surface area contributed by atoms with Gasteiger partial charge in [-0.25, -0.2) is 8.78 Å². The molecule has 0 aliphatic heterocycles. The van der Waals surface area contributed by atoms with Crippen LogP contribution in [0.4, 0.5) is 8.78 Å². The Bertz CT molecular complexity index is 489. The molecule has 0 bridgehead atoms. The molecule has 1 saturated carbocycles. The maximum Gasteiger partial charge on any atom is 0.217 e. The van der Waals surface area contributed by atoms with E-state index in [1.807, 2.05) is 0 Å². The van der Waals surface area contributed by atoms with Crippen LogP contribution in [0.1, 0.15) is 24.8 Å². The number of nitrogens with one attached hydrogen (secondary N) is 1. The fourth-order valence-electron chi connectivity index (χ4n) is 2.60. The largest absolute Gasteiger partial charge is 0.389 e. The van der Waals surface area contributed by atoms with Crippen LogP contribution in [-0.4, -0.2) is 29.2 Å². The first-order valence-electron chi connectivity index (χ1n) is 6.02. The maximum absolute atomic E-state index is 13.2. The number of carbonyl (C=O) groups is 1. The van der Waals surface area contributed by atoms with Crippen LogP contribution in [0.15, 0.2) is 18.2 Å². The van der Waals surface area contributed by atoms with Crippen molar-refractivity contribution < 1.29 is 18.7 Å². The summed E-state index contributed by atoms with van der Waals surface area (Å²) in [4.78, 5) is 11.2. The smallest absolute Gasteiger partial charge is 0.217 e. The molecule has 0 saturated heterocycles. The molecule has 3 atom stereocenters. The maximum atomic E-state index is 13.2. The Labute approximate surface area is 109 Å². The number of rotatable bonds is 4. The van der Waals surface area contributed by atoms with Crippen molar-refractivity contribution in [1.82, 2.24) is 5.32 Å². The lowest BCUT2D eigenvalue weighted by Crippen LogP contribution is -2.49. The number of aliphatic hydroxyl groups excluding tert-OH is 1. The number of nitrogens with two attached hydrogens (primary N) is 1. The number of hydrogen-bond donors (Lipinski definition) is 3. The van der Waals surface area contributed by atoms with Crippen LogP contribution in [0.5, 0.6) is 0 Å². The van der Waals surface area contributed by atoms with Crippen LogP contribution < -0.4 is 11.1 Å². The summed E-state index contributed by atoms with van der Waals surface area (Å²) >= 11 is 0. The molecule has 104 valence electrons. The minimum Gasteiger partial charge on any atom is -0.389 e. The molecule has 0 aromatic heterocycles. The van der Waals surface area contributed by atoms with Crippen molar-refractivity contribution in [2.24, 2.45) is 5.73 Å². The molecule has 1 aliphatic carbocycles. The van der Waals surface area contributed by atoms with Crippen LogP contribution in [0.2, 0.25) is 0 Å². The van der Waals surface area contributed by atoms with Gasteiger partial charge in [-0.1, -0.05) is 0 Å². The molecule has 1 fully saturated rings. The lowest BCUT2D eigenvalue weighted by molar-refractivity contribution is -0.120. The molecule has 1 unspecified atom stereocenters.